The Labute approximate surface area is 161 Å². The predicted octanol–water partition coefficient (Wildman–Crippen LogP) is 2.60. The second-order valence-corrected chi connectivity index (χ2v) is 7.95. The fourth-order valence-electron chi connectivity index (χ4n) is 2.69. The summed E-state index contributed by atoms with van der Waals surface area (Å²) in [5, 5.41) is 0. The van der Waals surface area contributed by atoms with E-state index in [2.05, 4.69) is 4.72 Å². The number of hydrogen-bond acceptors (Lipinski definition) is 4. The van der Waals surface area contributed by atoms with Crippen molar-refractivity contribution in [3.63, 3.8) is 0 Å². The van der Waals surface area contributed by atoms with Crippen molar-refractivity contribution in [2.45, 2.75) is 20.3 Å². The molecule has 0 heterocycles. The van der Waals surface area contributed by atoms with Crippen LogP contribution in [0, 0.1) is 0 Å². The average Bonchev–Trinajstić information content (AvgIpc) is 2.65. The lowest BCUT2D eigenvalue weighted by atomic mass is 10.2. The number of ether oxygens (including phenoxy) is 1. The maximum atomic E-state index is 12.2. The van der Waals surface area contributed by atoms with Crippen LogP contribution in [0.3, 0.4) is 0 Å². The first-order valence-electron chi connectivity index (χ1n) is 8.94. The molecule has 0 unspecified atom stereocenters. The minimum Gasteiger partial charge on any atom is -0.492 e. The Kier molecular flexibility index (Phi) is 7.82. The summed E-state index contributed by atoms with van der Waals surface area (Å²) in [6.45, 7) is 4.17. The second kappa shape index (κ2) is 10.1. The lowest BCUT2D eigenvalue weighted by Gasteiger charge is -2.23. The normalized spacial score (nSPS) is 11.2. The van der Waals surface area contributed by atoms with Crippen molar-refractivity contribution in [2.75, 3.05) is 30.3 Å². The Morgan fingerprint density at radius 1 is 1.07 bits per heavy atom. The zero-order valence-electron chi connectivity index (χ0n) is 15.7. The summed E-state index contributed by atoms with van der Waals surface area (Å²) in [6.07, 6.45) is 0.444. The van der Waals surface area contributed by atoms with E-state index >= 15 is 0 Å². The van der Waals surface area contributed by atoms with E-state index in [0.717, 1.165) is 5.56 Å². The first-order valence-corrected chi connectivity index (χ1v) is 10.6. The molecular weight excluding hydrogens is 364 g/mol. The zero-order valence-corrected chi connectivity index (χ0v) is 16.5. The molecule has 0 aliphatic heterocycles. The van der Waals surface area contributed by atoms with Gasteiger partial charge in [-0.25, -0.2) is 13.1 Å². The first kappa shape index (κ1) is 20.9. The molecule has 2 aromatic carbocycles. The lowest BCUT2D eigenvalue weighted by molar-refractivity contribution is -0.116. The van der Waals surface area contributed by atoms with Crippen LogP contribution >= 0.6 is 0 Å². The third kappa shape index (κ3) is 6.69. The summed E-state index contributed by atoms with van der Waals surface area (Å²) in [5.74, 6) is 0.430. The standard InChI is InChI=1S/C20H26N2O4S/c1-3-26-20-12-8-7-11-19(20)22(17(2)23)15-14-21-27(24,25)16-13-18-9-5-4-6-10-18/h4-12,21H,3,13-16H2,1-2H3. The maximum absolute atomic E-state index is 12.2. The molecule has 6 nitrogen and oxygen atoms in total. The Balaban J connectivity index is 1.95. The molecule has 0 aliphatic rings. The number of nitrogens with zero attached hydrogens (tertiary/aromatic N) is 1. The van der Waals surface area contributed by atoms with E-state index in [4.69, 9.17) is 4.74 Å². The topological polar surface area (TPSA) is 75.7 Å². The van der Waals surface area contributed by atoms with Crippen molar-refractivity contribution in [2.24, 2.45) is 0 Å². The van der Waals surface area contributed by atoms with Gasteiger partial charge in [-0.2, -0.15) is 0 Å². The molecule has 0 bridgehead atoms. The van der Waals surface area contributed by atoms with Crippen LogP contribution in [0.1, 0.15) is 19.4 Å². The number of para-hydroxylation sites is 2. The molecule has 0 spiro atoms. The summed E-state index contributed by atoms with van der Waals surface area (Å²) in [7, 11) is -3.42. The molecule has 1 amide bonds. The molecule has 1 N–H and O–H groups in total. The molecule has 0 saturated heterocycles. The lowest BCUT2D eigenvalue weighted by Crippen LogP contribution is -2.38. The van der Waals surface area contributed by atoms with E-state index in [9.17, 15) is 13.2 Å². The minimum absolute atomic E-state index is 0.00657. The number of nitrogens with one attached hydrogen (secondary N) is 1. The number of carbonyl (C=O) groups excluding carboxylic acids is 1. The summed E-state index contributed by atoms with van der Waals surface area (Å²) >= 11 is 0. The van der Waals surface area contributed by atoms with Crippen molar-refractivity contribution >= 4 is 21.6 Å². The highest BCUT2D eigenvalue weighted by molar-refractivity contribution is 7.89. The molecule has 0 aromatic heterocycles. The van der Waals surface area contributed by atoms with E-state index in [1.807, 2.05) is 49.4 Å². The van der Waals surface area contributed by atoms with Gasteiger partial charge in [-0.3, -0.25) is 4.79 Å². The number of sulfonamides is 1. The minimum atomic E-state index is -3.42. The summed E-state index contributed by atoms with van der Waals surface area (Å²) in [4.78, 5) is 13.6. The van der Waals surface area contributed by atoms with Crippen molar-refractivity contribution in [3.8, 4) is 5.75 Å². The largest absolute Gasteiger partial charge is 0.492 e. The molecule has 146 valence electrons. The molecule has 0 fully saturated rings. The van der Waals surface area contributed by atoms with Crippen molar-refractivity contribution in [3.05, 3.63) is 60.2 Å². The van der Waals surface area contributed by atoms with E-state index in [-0.39, 0.29) is 24.7 Å². The molecular formula is C20H26N2O4S. The zero-order chi connectivity index (χ0) is 19.7. The van der Waals surface area contributed by atoms with Gasteiger partial charge in [0.05, 0.1) is 18.0 Å². The number of aryl methyl sites for hydroxylation is 1. The summed E-state index contributed by atoms with van der Waals surface area (Å²) in [5.41, 5.74) is 1.61. The van der Waals surface area contributed by atoms with Crippen LogP contribution in [-0.4, -0.2) is 39.8 Å². The molecule has 0 saturated carbocycles. The maximum Gasteiger partial charge on any atom is 0.224 e. The summed E-state index contributed by atoms with van der Waals surface area (Å²) in [6, 6.07) is 16.7. The van der Waals surface area contributed by atoms with Gasteiger partial charge >= 0.3 is 0 Å². The highest BCUT2D eigenvalue weighted by atomic mass is 32.2. The molecule has 7 heteroatoms. The van der Waals surface area contributed by atoms with Crippen LogP contribution in [-0.2, 0) is 21.2 Å². The second-order valence-electron chi connectivity index (χ2n) is 6.02. The van der Waals surface area contributed by atoms with Crippen LogP contribution in [0.25, 0.3) is 0 Å². The van der Waals surface area contributed by atoms with Gasteiger partial charge in [-0.05, 0) is 31.0 Å². The highest BCUT2D eigenvalue weighted by Crippen LogP contribution is 2.27. The molecule has 27 heavy (non-hydrogen) atoms. The van der Waals surface area contributed by atoms with Crippen molar-refractivity contribution in [1.82, 2.24) is 4.72 Å². The van der Waals surface area contributed by atoms with Gasteiger partial charge in [-0.1, -0.05) is 42.5 Å². The number of rotatable bonds is 10. The van der Waals surface area contributed by atoms with Gasteiger partial charge in [0.25, 0.3) is 0 Å². The number of carbonyl (C=O) groups is 1. The average molecular weight is 391 g/mol. The van der Waals surface area contributed by atoms with Gasteiger partial charge in [0.1, 0.15) is 5.75 Å². The first-order chi connectivity index (χ1) is 12.9. The highest BCUT2D eigenvalue weighted by Gasteiger charge is 2.17. The Bertz CT molecular complexity index is 838. The fourth-order valence-corrected chi connectivity index (χ4v) is 3.74. The Morgan fingerprint density at radius 2 is 1.74 bits per heavy atom. The number of anilines is 1. The van der Waals surface area contributed by atoms with Crippen LogP contribution in [0.5, 0.6) is 5.75 Å². The molecule has 0 radical (unpaired) electrons. The van der Waals surface area contributed by atoms with E-state index in [1.165, 1.54) is 11.8 Å². The summed E-state index contributed by atoms with van der Waals surface area (Å²) < 4.78 is 32.6. The van der Waals surface area contributed by atoms with E-state index in [0.29, 0.717) is 24.5 Å². The SMILES string of the molecule is CCOc1ccccc1N(CCNS(=O)(=O)CCc1ccccc1)C(C)=O. The van der Waals surface area contributed by atoms with Crippen LogP contribution in [0.4, 0.5) is 5.69 Å². The number of amides is 1. The quantitative estimate of drug-likeness (QED) is 0.677. The Hall–Kier alpha value is -2.38. The number of benzene rings is 2. The van der Waals surface area contributed by atoms with Gasteiger partial charge in [0.15, 0.2) is 0 Å². The van der Waals surface area contributed by atoms with E-state index in [1.54, 1.807) is 12.1 Å². The fraction of sp³-hybridized carbons (Fsp3) is 0.350. The van der Waals surface area contributed by atoms with Crippen molar-refractivity contribution in [1.29, 1.82) is 0 Å². The van der Waals surface area contributed by atoms with Gasteiger partial charge in [-0.15, -0.1) is 0 Å². The van der Waals surface area contributed by atoms with E-state index < -0.39 is 10.0 Å². The molecule has 0 aliphatic carbocycles. The smallest absolute Gasteiger partial charge is 0.224 e. The van der Waals surface area contributed by atoms with Crippen LogP contribution < -0.4 is 14.4 Å². The monoisotopic (exact) mass is 390 g/mol. The van der Waals surface area contributed by atoms with Gasteiger partial charge in [0, 0.05) is 20.0 Å². The van der Waals surface area contributed by atoms with Gasteiger partial charge < -0.3 is 9.64 Å². The van der Waals surface area contributed by atoms with Crippen LogP contribution in [0.2, 0.25) is 0 Å². The van der Waals surface area contributed by atoms with Crippen LogP contribution in [0.15, 0.2) is 54.6 Å². The molecule has 2 aromatic rings. The Morgan fingerprint density at radius 3 is 2.41 bits per heavy atom. The van der Waals surface area contributed by atoms with Gasteiger partial charge in [0.2, 0.25) is 15.9 Å². The predicted molar refractivity (Wildman–Crippen MR) is 108 cm³/mol. The third-order valence-corrected chi connectivity index (χ3v) is 5.38. The molecule has 2 rings (SSSR count). The molecule has 0 atom stereocenters. The van der Waals surface area contributed by atoms with Crippen molar-refractivity contribution < 1.29 is 17.9 Å². The number of hydrogen-bond donors (Lipinski definition) is 1. The third-order valence-electron chi connectivity index (χ3n) is 4.00.